The molecule has 12 nitrogen and oxygen atoms in total. The van der Waals surface area contributed by atoms with E-state index in [2.05, 4.69) is 22.5 Å². The number of rotatable bonds is 14. The lowest BCUT2D eigenvalue weighted by molar-refractivity contribution is -0.137. The number of cyclic esters (lactones) is 1. The van der Waals surface area contributed by atoms with E-state index in [4.69, 9.17) is 20.8 Å². The monoisotopic (exact) mass is 588 g/mol. The number of Topliss-reactive ketones (excluding diaryl/α,β-unsaturated/α-hetero) is 1. The predicted octanol–water partition coefficient (Wildman–Crippen LogP) is 4.49. The Kier molecular flexibility index (Phi) is 10.4. The lowest BCUT2D eigenvalue weighted by Crippen LogP contribution is -2.53. The number of hydrogen-bond donors (Lipinski definition) is 2. The van der Waals surface area contributed by atoms with Crippen LogP contribution in [0.4, 0.5) is 10.5 Å². The zero-order valence-corrected chi connectivity index (χ0v) is 24.1. The molecule has 0 bridgehead atoms. The van der Waals surface area contributed by atoms with Gasteiger partial charge in [-0.15, -0.1) is 0 Å². The number of aryl methyl sites for hydroxylation is 1. The molecule has 2 N–H and O–H groups in total. The van der Waals surface area contributed by atoms with E-state index in [-0.39, 0.29) is 34.2 Å². The Morgan fingerprint density at radius 3 is 2.39 bits per heavy atom. The van der Waals surface area contributed by atoms with Gasteiger partial charge in [-0.05, 0) is 45.4 Å². The van der Waals surface area contributed by atoms with Crippen molar-refractivity contribution in [1.82, 2.24) is 15.2 Å². The fourth-order valence-corrected chi connectivity index (χ4v) is 4.48. The number of carbonyl (C=O) groups excluding carboxylic acids is 6. The van der Waals surface area contributed by atoms with Crippen molar-refractivity contribution >= 4 is 53.2 Å². The van der Waals surface area contributed by atoms with E-state index in [1.54, 1.807) is 0 Å². The molecule has 3 rings (SSSR count). The molecule has 1 aromatic carbocycles. The van der Waals surface area contributed by atoms with Crippen molar-refractivity contribution in [2.24, 2.45) is 0 Å². The molecule has 0 aliphatic carbocycles. The highest BCUT2D eigenvalue weighted by Gasteiger charge is 2.54. The number of hydrogen-bond acceptors (Lipinski definition) is 9. The number of unbranched alkanes of at least 4 members (excludes halogenated alkanes) is 5. The van der Waals surface area contributed by atoms with Gasteiger partial charge in [-0.1, -0.05) is 50.6 Å². The van der Waals surface area contributed by atoms with Crippen LogP contribution in [0.15, 0.2) is 22.6 Å². The number of oxazole rings is 1. The van der Waals surface area contributed by atoms with Crippen LogP contribution >= 0.6 is 11.6 Å². The first-order chi connectivity index (χ1) is 19.4. The maximum atomic E-state index is 13.5. The molecule has 1 fully saturated rings. The van der Waals surface area contributed by atoms with Crippen molar-refractivity contribution < 1.29 is 37.9 Å². The van der Waals surface area contributed by atoms with E-state index >= 15 is 0 Å². The van der Waals surface area contributed by atoms with Crippen molar-refractivity contribution in [3.05, 3.63) is 46.1 Å². The molecule has 13 heteroatoms. The van der Waals surface area contributed by atoms with Crippen molar-refractivity contribution in [2.45, 2.75) is 77.9 Å². The first-order valence-corrected chi connectivity index (χ1v) is 13.7. The fourth-order valence-electron chi connectivity index (χ4n) is 4.25. The topological polar surface area (TPSA) is 165 Å². The molecular formula is C28H33ClN4O8. The summed E-state index contributed by atoms with van der Waals surface area (Å²) >= 11 is 6.34. The van der Waals surface area contributed by atoms with E-state index in [1.807, 2.05) is 0 Å². The first kappa shape index (κ1) is 31.5. The van der Waals surface area contributed by atoms with E-state index < -0.39 is 46.9 Å². The van der Waals surface area contributed by atoms with Crippen LogP contribution in [-0.2, 0) is 14.3 Å². The molecule has 1 unspecified atom stereocenters. The number of aldehydes is 1. The van der Waals surface area contributed by atoms with Gasteiger partial charge in [-0.3, -0.25) is 24.0 Å². The van der Waals surface area contributed by atoms with E-state index in [0.717, 1.165) is 25.7 Å². The minimum Gasteiger partial charge on any atom is -0.439 e. The molecule has 1 atom stereocenters. The number of carbonyl (C=O) groups is 6. The van der Waals surface area contributed by atoms with Gasteiger partial charge >= 0.3 is 6.09 Å². The summed E-state index contributed by atoms with van der Waals surface area (Å²) in [5.41, 5.74) is -1.77. The second-order valence-corrected chi connectivity index (χ2v) is 10.5. The van der Waals surface area contributed by atoms with E-state index in [9.17, 15) is 28.8 Å². The number of anilines is 1. The first-order valence-electron chi connectivity index (χ1n) is 13.3. The molecule has 41 heavy (non-hydrogen) atoms. The van der Waals surface area contributed by atoms with Crippen LogP contribution in [0, 0.1) is 6.92 Å². The summed E-state index contributed by atoms with van der Waals surface area (Å²) in [6, 6.07) is 2.09. The minimum absolute atomic E-state index is 0.0201. The number of nitrogens with one attached hydrogen (secondary N) is 2. The number of amides is 4. The van der Waals surface area contributed by atoms with Crippen LogP contribution < -0.4 is 10.6 Å². The van der Waals surface area contributed by atoms with Crippen LogP contribution in [-0.4, -0.2) is 64.0 Å². The van der Waals surface area contributed by atoms with Crippen molar-refractivity contribution in [1.29, 1.82) is 0 Å². The molecule has 2 aromatic rings. The molecule has 0 radical (unpaired) electrons. The Hall–Kier alpha value is -4.06. The molecule has 0 saturated carbocycles. The predicted molar refractivity (Wildman–Crippen MR) is 148 cm³/mol. The average molecular weight is 589 g/mol. The van der Waals surface area contributed by atoms with Gasteiger partial charge in [-0.25, -0.2) is 14.7 Å². The van der Waals surface area contributed by atoms with Gasteiger partial charge in [0.2, 0.25) is 12.1 Å². The third-order valence-electron chi connectivity index (χ3n) is 6.48. The van der Waals surface area contributed by atoms with Crippen molar-refractivity contribution in [3.63, 3.8) is 0 Å². The quantitative estimate of drug-likeness (QED) is 0.140. The third-order valence-corrected chi connectivity index (χ3v) is 6.79. The van der Waals surface area contributed by atoms with Crippen LogP contribution in [0.25, 0.3) is 0 Å². The third kappa shape index (κ3) is 7.37. The van der Waals surface area contributed by atoms with Crippen molar-refractivity contribution in [3.8, 4) is 0 Å². The van der Waals surface area contributed by atoms with Gasteiger partial charge < -0.3 is 19.8 Å². The number of imide groups is 1. The summed E-state index contributed by atoms with van der Waals surface area (Å²) in [6.07, 6.45) is 5.55. The van der Waals surface area contributed by atoms with Gasteiger partial charge in [0.05, 0.1) is 10.7 Å². The SMILES string of the molecule is CCCCCCCCNC(=O)c1ccc(NC(=O)C(C(=O)c2nc(C=O)oc2C)N2C(=O)OC(C)(C)C2=O)c(Cl)c1. The second kappa shape index (κ2) is 13.5. The Morgan fingerprint density at radius 2 is 1.80 bits per heavy atom. The van der Waals surface area contributed by atoms with Gasteiger partial charge in [0.25, 0.3) is 23.6 Å². The number of nitrogens with zero attached hydrogens (tertiary/aromatic N) is 2. The van der Waals surface area contributed by atoms with Crippen LogP contribution in [0.3, 0.4) is 0 Å². The van der Waals surface area contributed by atoms with Gasteiger partial charge in [0.15, 0.2) is 17.3 Å². The molecular weight excluding hydrogens is 556 g/mol. The maximum Gasteiger partial charge on any atom is 0.418 e. The molecule has 0 spiro atoms. The zero-order valence-electron chi connectivity index (χ0n) is 23.4. The lowest BCUT2D eigenvalue weighted by Gasteiger charge is -2.22. The molecule has 2 heterocycles. The van der Waals surface area contributed by atoms with Crippen LogP contribution in [0.1, 0.15) is 96.6 Å². The molecule has 220 valence electrons. The number of ketones is 1. The molecule has 1 saturated heterocycles. The average Bonchev–Trinajstić information content (AvgIpc) is 3.40. The highest BCUT2D eigenvalue weighted by molar-refractivity contribution is 6.34. The van der Waals surface area contributed by atoms with Crippen molar-refractivity contribution in [2.75, 3.05) is 11.9 Å². The maximum absolute atomic E-state index is 13.5. The Bertz CT molecular complexity index is 1350. The van der Waals surface area contributed by atoms with Gasteiger partial charge in [-0.2, -0.15) is 0 Å². The fraction of sp³-hybridized carbons (Fsp3) is 0.464. The lowest BCUT2D eigenvalue weighted by atomic mass is 10.0. The summed E-state index contributed by atoms with van der Waals surface area (Å²) < 4.78 is 10.2. The van der Waals surface area contributed by atoms with Crippen LogP contribution in [0.5, 0.6) is 0 Å². The number of benzene rings is 1. The Morgan fingerprint density at radius 1 is 1.12 bits per heavy atom. The Labute approximate surface area is 242 Å². The minimum atomic E-state index is -2.06. The molecule has 1 aromatic heterocycles. The largest absolute Gasteiger partial charge is 0.439 e. The van der Waals surface area contributed by atoms with Gasteiger partial charge in [0, 0.05) is 12.1 Å². The normalized spacial score (nSPS) is 14.9. The zero-order chi connectivity index (χ0) is 30.3. The van der Waals surface area contributed by atoms with Crippen LogP contribution in [0.2, 0.25) is 5.02 Å². The molecule has 4 amide bonds. The summed E-state index contributed by atoms with van der Waals surface area (Å²) in [5.74, 6) is -3.97. The molecule has 1 aliphatic rings. The van der Waals surface area contributed by atoms with E-state index in [1.165, 1.54) is 51.8 Å². The van der Waals surface area contributed by atoms with E-state index in [0.29, 0.717) is 11.4 Å². The number of ether oxygens (including phenoxy) is 1. The number of halogens is 1. The summed E-state index contributed by atoms with van der Waals surface area (Å²) in [6.45, 7) is 6.62. The summed E-state index contributed by atoms with van der Waals surface area (Å²) in [5, 5.41) is 5.25. The second-order valence-electron chi connectivity index (χ2n) is 10.1. The molecule has 1 aliphatic heterocycles. The van der Waals surface area contributed by atoms with Gasteiger partial charge in [0.1, 0.15) is 5.76 Å². The smallest absolute Gasteiger partial charge is 0.418 e. The number of aromatic nitrogens is 1. The standard InChI is InChI=1S/C28H33ClN4O8/c1-5-6-7-8-9-10-13-30-24(36)17-11-12-19(18(29)14-17)31-25(37)22(33-26(38)28(3,4)41-27(33)39)23(35)21-16(2)40-20(15-34)32-21/h11-12,14-15,22H,5-10,13H2,1-4H3,(H,30,36)(H,31,37). The highest BCUT2D eigenvalue weighted by Crippen LogP contribution is 2.29. The summed E-state index contributed by atoms with van der Waals surface area (Å²) in [4.78, 5) is 80.3. The Balaban J connectivity index is 1.78. The summed E-state index contributed by atoms with van der Waals surface area (Å²) in [7, 11) is 0. The highest BCUT2D eigenvalue weighted by atomic mass is 35.5.